The van der Waals surface area contributed by atoms with Crippen LogP contribution in [-0.4, -0.2) is 24.6 Å². The summed E-state index contributed by atoms with van der Waals surface area (Å²) < 4.78 is 1.14. The molecule has 0 aliphatic carbocycles. The van der Waals surface area contributed by atoms with Crippen molar-refractivity contribution in [2.75, 3.05) is 11.4 Å². The summed E-state index contributed by atoms with van der Waals surface area (Å²) in [6.45, 7) is 2.38. The molecule has 1 aliphatic rings. The van der Waals surface area contributed by atoms with Crippen molar-refractivity contribution in [1.29, 1.82) is 0 Å². The Kier molecular flexibility index (Phi) is 5.47. The molecule has 1 N–H and O–H groups in total. The average molecular weight is 447 g/mol. The zero-order valence-electron chi connectivity index (χ0n) is 13.8. The lowest BCUT2D eigenvalue weighted by molar-refractivity contribution is -0.126. The Morgan fingerprint density at radius 2 is 1.88 bits per heavy atom. The molecule has 0 spiro atoms. The smallest absolute Gasteiger partial charge is 0.245 e. The van der Waals surface area contributed by atoms with Gasteiger partial charge in [-0.05, 0) is 59.3 Å². The normalized spacial score (nSPS) is 17.3. The monoisotopic (exact) mass is 447 g/mol. The number of hydrogen-bond donors (Lipinski definition) is 1. The van der Waals surface area contributed by atoms with Gasteiger partial charge in [-0.25, -0.2) is 5.43 Å². The molecule has 0 bridgehead atoms. The van der Waals surface area contributed by atoms with Crippen LogP contribution in [0.25, 0.3) is 0 Å². The van der Waals surface area contributed by atoms with E-state index in [4.69, 9.17) is 0 Å². The number of aryl methyl sites for hydroxylation is 1. The summed E-state index contributed by atoms with van der Waals surface area (Å²) in [6.07, 6.45) is 1.81. The lowest BCUT2D eigenvalue weighted by Gasteiger charge is -2.16. The molecule has 1 fully saturated rings. The van der Waals surface area contributed by atoms with Gasteiger partial charge in [0, 0.05) is 22.2 Å². The molecule has 2 aromatic rings. The van der Waals surface area contributed by atoms with Crippen LogP contribution in [0, 0.1) is 16.4 Å². The van der Waals surface area contributed by atoms with Crippen LogP contribution in [0.3, 0.4) is 0 Å². The highest BCUT2D eigenvalue weighted by Gasteiger charge is 2.35. The minimum absolute atomic E-state index is 0.0365. The Morgan fingerprint density at radius 1 is 1.20 bits per heavy atom. The van der Waals surface area contributed by atoms with Crippen molar-refractivity contribution in [3.05, 3.63) is 63.2 Å². The highest BCUT2D eigenvalue weighted by atomic mass is 127. The number of hydrogen-bond acceptors (Lipinski definition) is 3. The average Bonchev–Trinajstić information content (AvgIpc) is 2.99. The zero-order valence-corrected chi connectivity index (χ0v) is 15.9. The Balaban J connectivity index is 1.59. The number of benzene rings is 2. The van der Waals surface area contributed by atoms with Crippen LogP contribution in [0.2, 0.25) is 0 Å². The molecule has 6 heteroatoms. The predicted molar refractivity (Wildman–Crippen MR) is 107 cm³/mol. The number of halogens is 1. The van der Waals surface area contributed by atoms with Crippen molar-refractivity contribution in [3.8, 4) is 0 Å². The summed E-state index contributed by atoms with van der Waals surface area (Å²) in [6, 6.07) is 15.5. The second-order valence-electron chi connectivity index (χ2n) is 6.03. The number of amides is 2. The summed E-state index contributed by atoms with van der Waals surface area (Å²) in [7, 11) is 0. The Hall–Kier alpha value is -2.22. The summed E-state index contributed by atoms with van der Waals surface area (Å²) in [5.74, 6) is -0.655. The van der Waals surface area contributed by atoms with Gasteiger partial charge in [0.2, 0.25) is 11.8 Å². The predicted octanol–water partition coefficient (Wildman–Crippen LogP) is 3.10. The van der Waals surface area contributed by atoms with E-state index in [1.54, 1.807) is 11.1 Å². The molecule has 1 aliphatic heterocycles. The summed E-state index contributed by atoms with van der Waals surface area (Å²) in [5.41, 5.74) is 5.41. The van der Waals surface area contributed by atoms with Crippen LogP contribution < -0.4 is 10.3 Å². The van der Waals surface area contributed by atoms with Crippen molar-refractivity contribution in [2.24, 2.45) is 11.0 Å². The van der Waals surface area contributed by atoms with Gasteiger partial charge in [-0.3, -0.25) is 9.59 Å². The molecule has 0 aromatic heterocycles. The first kappa shape index (κ1) is 17.6. The highest BCUT2D eigenvalue weighted by molar-refractivity contribution is 14.1. The SMILES string of the molecule is Cc1ccc(N2C[C@H](C(=O)NN=Cc3ccc(I)cc3)CC2=O)cc1. The van der Waals surface area contributed by atoms with Gasteiger partial charge in [-0.1, -0.05) is 29.8 Å². The number of carbonyl (C=O) groups excluding carboxylic acids is 2. The molecule has 1 saturated heterocycles. The second-order valence-corrected chi connectivity index (χ2v) is 7.27. The van der Waals surface area contributed by atoms with Crippen LogP contribution in [-0.2, 0) is 9.59 Å². The highest BCUT2D eigenvalue weighted by Crippen LogP contribution is 2.25. The van der Waals surface area contributed by atoms with Crippen LogP contribution in [0.1, 0.15) is 17.5 Å². The van der Waals surface area contributed by atoms with Crippen molar-refractivity contribution < 1.29 is 9.59 Å². The van der Waals surface area contributed by atoms with Gasteiger partial charge in [0.15, 0.2) is 0 Å². The lowest BCUT2D eigenvalue weighted by Crippen LogP contribution is -2.30. The Bertz CT molecular complexity index is 800. The number of nitrogens with zero attached hydrogens (tertiary/aromatic N) is 2. The van der Waals surface area contributed by atoms with Gasteiger partial charge in [-0.2, -0.15) is 5.10 Å². The van der Waals surface area contributed by atoms with E-state index in [0.717, 1.165) is 20.4 Å². The molecular weight excluding hydrogens is 429 g/mol. The topological polar surface area (TPSA) is 61.8 Å². The fourth-order valence-corrected chi connectivity index (χ4v) is 3.03. The molecule has 0 unspecified atom stereocenters. The Labute approximate surface area is 160 Å². The van der Waals surface area contributed by atoms with Gasteiger partial charge in [0.1, 0.15) is 0 Å². The number of carbonyl (C=O) groups is 2. The molecule has 2 aromatic carbocycles. The van der Waals surface area contributed by atoms with E-state index in [9.17, 15) is 9.59 Å². The molecule has 1 heterocycles. The third-order valence-electron chi connectivity index (χ3n) is 4.10. The quantitative estimate of drug-likeness (QED) is 0.445. The molecule has 25 heavy (non-hydrogen) atoms. The number of hydrazone groups is 1. The van der Waals surface area contributed by atoms with E-state index in [2.05, 4.69) is 33.1 Å². The van der Waals surface area contributed by atoms with E-state index < -0.39 is 0 Å². The zero-order chi connectivity index (χ0) is 17.8. The molecule has 0 saturated carbocycles. The Morgan fingerprint density at radius 3 is 2.56 bits per heavy atom. The van der Waals surface area contributed by atoms with E-state index >= 15 is 0 Å². The molecule has 3 rings (SSSR count). The number of rotatable bonds is 4. The second kappa shape index (κ2) is 7.77. The number of anilines is 1. The third-order valence-corrected chi connectivity index (χ3v) is 4.82. The van der Waals surface area contributed by atoms with Crippen molar-refractivity contribution in [2.45, 2.75) is 13.3 Å². The van der Waals surface area contributed by atoms with Gasteiger partial charge in [-0.15, -0.1) is 0 Å². The maximum atomic E-state index is 12.3. The first-order valence-corrected chi connectivity index (χ1v) is 9.06. The van der Waals surface area contributed by atoms with Gasteiger partial charge in [0.25, 0.3) is 0 Å². The van der Waals surface area contributed by atoms with Gasteiger partial charge in [0.05, 0.1) is 12.1 Å². The van der Waals surface area contributed by atoms with E-state index in [1.165, 1.54) is 0 Å². The standard InChI is InChI=1S/C19H18IN3O2/c1-13-2-8-17(9-3-13)23-12-15(10-18(23)24)19(25)22-21-11-14-4-6-16(20)7-5-14/h2-9,11,15H,10,12H2,1H3,(H,22,25)/t15-/m1/s1. The maximum absolute atomic E-state index is 12.3. The van der Waals surface area contributed by atoms with E-state index in [0.29, 0.717) is 6.54 Å². The fourth-order valence-electron chi connectivity index (χ4n) is 2.67. The lowest BCUT2D eigenvalue weighted by atomic mass is 10.1. The maximum Gasteiger partial charge on any atom is 0.245 e. The van der Waals surface area contributed by atoms with Crippen LogP contribution in [0.5, 0.6) is 0 Å². The largest absolute Gasteiger partial charge is 0.312 e. The number of nitrogens with one attached hydrogen (secondary N) is 1. The molecule has 128 valence electrons. The van der Waals surface area contributed by atoms with Crippen molar-refractivity contribution in [3.63, 3.8) is 0 Å². The van der Waals surface area contributed by atoms with Crippen LogP contribution in [0.4, 0.5) is 5.69 Å². The van der Waals surface area contributed by atoms with E-state index in [-0.39, 0.29) is 24.2 Å². The third kappa shape index (κ3) is 4.45. The minimum Gasteiger partial charge on any atom is -0.312 e. The summed E-state index contributed by atoms with van der Waals surface area (Å²) in [5, 5.41) is 3.99. The minimum atomic E-state index is -0.386. The van der Waals surface area contributed by atoms with Crippen molar-refractivity contribution >= 4 is 46.3 Å². The summed E-state index contributed by atoms with van der Waals surface area (Å²) in [4.78, 5) is 26.1. The first-order chi connectivity index (χ1) is 12.0. The molecule has 0 radical (unpaired) electrons. The molecule has 1 atom stereocenters. The van der Waals surface area contributed by atoms with Gasteiger partial charge >= 0.3 is 0 Å². The van der Waals surface area contributed by atoms with Gasteiger partial charge < -0.3 is 4.90 Å². The van der Waals surface area contributed by atoms with Crippen LogP contribution >= 0.6 is 22.6 Å². The van der Waals surface area contributed by atoms with Crippen LogP contribution in [0.15, 0.2) is 53.6 Å². The fraction of sp³-hybridized carbons (Fsp3) is 0.211. The van der Waals surface area contributed by atoms with E-state index in [1.807, 2.05) is 55.5 Å². The molecular formula is C19H18IN3O2. The molecule has 5 nitrogen and oxygen atoms in total. The summed E-state index contributed by atoms with van der Waals surface area (Å²) >= 11 is 2.23. The van der Waals surface area contributed by atoms with Crippen molar-refractivity contribution in [1.82, 2.24) is 5.43 Å². The molecule has 2 amide bonds. The first-order valence-electron chi connectivity index (χ1n) is 7.98.